The van der Waals surface area contributed by atoms with E-state index in [-0.39, 0.29) is 29.3 Å². The van der Waals surface area contributed by atoms with Gasteiger partial charge in [0.2, 0.25) is 0 Å². The first-order valence-electron chi connectivity index (χ1n) is 17.6. The Morgan fingerprint density at radius 1 is 0.857 bits per heavy atom. The highest BCUT2D eigenvalue weighted by atomic mass is 16.3. The summed E-state index contributed by atoms with van der Waals surface area (Å²) in [5.74, 6) is 0.492. The van der Waals surface area contributed by atoms with Crippen molar-refractivity contribution in [2.24, 2.45) is 11.8 Å². The average molecular weight is 636 g/mol. The van der Waals surface area contributed by atoms with Gasteiger partial charge in [0.05, 0.1) is 34.5 Å². The van der Waals surface area contributed by atoms with Gasteiger partial charge in [-0.05, 0) is 73.2 Å². The van der Waals surface area contributed by atoms with Crippen molar-refractivity contribution in [2.45, 2.75) is 50.1 Å². The van der Waals surface area contributed by atoms with E-state index in [2.05, 4.69) is 157 Å². The number of nitriles is 1. The molecule has 3 heterocycles. The summed E-state index contributed by atoms with van der Waals surface area (Å²) in [5.41, 5.74) is 9.26. The second kappa shape index (κ2) is 10.5. The summed E-state index contributed by atoms with van der Waals surface area (Å²) >= 11 is 0. The van der Waals surface area contributed by atoms with E-state index in [0.717, 1.165) is 29.4 Å². The number of fused-ring (bicyclic) bond motifs is 10. The van der Waals surface area contributed by atoms with Gasteiger partial charge in [0.25, 0.3) is 0 Å². The molecule has 49 heavy (non-hydrogen) atoms. The molecule has 0 bridgehead atoms. The highest BCUT2D eigenvalue weighted by Gasteiger charge is 2.44. The molecule has 0 radical (unpaired) electrons. The fourth-order valence-corrected chi connectivity index (χ4v) is 9.51. The zero-order chi connectivity index (χ0) is 32.9. The van der Waals surface area contributed by atoms with Crippen molar-refractivity contribution in [3.63, 3.8) is 0 Å². The normalized spacial score (nSPS) is 27.2. The van der Waals surface area contributed by atoms with Gasteiger partial charge >= 0.3 is 0 Å². The van der Waals surface area contributed by atoms with Crippen LogP contribution in [0.3, 0.4) is 0 Å². The molecule has 4 nitrogen and oxygen atoms in total. The molecule has 6 aromatic rings. The molecule has 0 fully saturated rings. The molecule has 3 aliphatic carbocycles. The number of benzene rings is 4. The second-order valence-electron chi connectivity index (χ2n) is 14.5. The molecular formula is C45H37N3O. The highest BCUT2D eigenvalue weighted by molar-refractivity contribution is 6.24. The van der Waals surface area contributed by atoms with Crippen molar-refractivity contribution in [2.75, 3.05) is 4.90 Å². The van der Waals surface area contributed by atoms with Crippen LogP contribution in [0.1, 0.15) is 49.7 Å². The van der Waals surface area contributed by atoms with E-state index in [1.54, 1.807) is 0 Å². The van der Waals surface area contributed by atoms with Gasteiger partial charge in [0.15, 0.2) is 0 Å². The molecule has 4 aliphatic rings. The Hall–Kier alpha value is -5.53. The Bertz CT molecular complexity index is 2550. The van der Waals surface area contributed by atoms with E-state index in [1.807, 2.05) is 6.07 Å². The van der Waals surface area contributed by atoms with Crippen LogP contribution in [0.15, 0.2) is 144 Å². The summed E-state index contributed by atoms with van der Waals surface area (Å²) in [5, 5.41) is 15.1. The van der Waals surface area contributed by atoms with Gasteiger partial charge in [0.1, 0.15) is 11.2 Å². The number of aromatic nitrogens is 1. The molecule has 0 spiro atoms. The number of nitrogens with zero attached hydrogens (tertiary/aromatic N) is 3. The lowest BCUT2D eigenvalue weighted by molar-refractivity contribution is 0.364. The topological polar surface area (TPSA) is 45.1 Å². The van der Waals surface area contributed by atoms with Crippen molar-refractivity contribution in [3.05, 3.63) is 150 Å². The third-order valence-corrected chi connectivity index (χ3v) is 11.9. The third kappa shape index (κ3) is 3.96. The Morgan fingerprint density at radius 2 is 1.71 bits per heavy atom. The standard InChI is InChI=1S/C45H37N3O/c1-28-30(27-46)19-22-39(47-36-15-7-4-12-31(36)32-13-5-8-16-37(32)47)42(28)29-18-21-38-35(26-29)33-20-23-41-43(34-14-6-9-17-40(34)49-41)44(33)48(38)45(2)24-10-3-11-25-45/h3-18,20-24,26,28,30-31,36,42H,19,25H2,1-2H3. The Balaban J connectivity index is 1.22. The number of rotatable bonds is 3. The van der Waals surface area contributed by atoms with Gasteiger partial charge < -0.3 is 13.9 Å². The highest BCUT2D eigenvalue weighted by Crippen LogP contribution is 2.53. The molecule has 0 saturated carbocycles. The maximum atomic E-state index is 10.3. The summed E-state index contributed by atoms with van der Waals surface area (Å²) in [7, 11) is 0. The van der Waals surface area contributed by atoms with E-state index in [1.165, 1.54) is 49.7 Å². The zero-order valence-electron chi connectivity index (χ0n) is 27.8. The summed E-state index contributed by atoms with van der Waals surface area (Å²) in [6, 6.07) is 31.7. The Kier molecular flexibility index (Phi) is 6.09. The first kappa shape index (κ1) is 28.5. The van der Waals surface area contributed by atoms with Crippen LogP contribution in [-0.4, -0.2) is 10.6 Å². The van der Waals surface area contributed by atoms with Gasteiger partial charge in [-0.1, -0.05) is 104 Å². The maximum absolute atomic E-state index is 10.3. The van der Waals surface area contributed by atoms with E-state index >= 15 is 0 Å². The lowest BCUT2D eigenvalue weighted by Gasteiger charge is -2.41. The molecule has 0 saturated heterocycles. The van der Waals surface area contributed by atoms with Crippen LogP contribution in [0.2, 0.25) is 0 Å². The summed E-state index contributed by atoms with van der Waals surface area (Å²) in [6.45, 7) is 4.63. The summed E-state index contributed by atoms with van der Waals surface area (Å²) in [4.78, 5) is 2.59. The molecule has 6 unspecified atom stereocenters. The van der Waals surface area contributed by atoms with Crippen LogP contribution in [0.5, 0.6) is 0 Å². The van der Waals surface area contributed by atoms with Crippen LogP contribution in [-0.2, 0) is 5.54 Å². The van der Waals surface area contributed by atoms with Crippen LogP contribution in [0.4, 0.5) is 5.69 Å². The minimum atomic E-state index is -0.243. The molecular weight excluding hydrogens is 599 g/mol. The number of anilines is 1. The van der Waals surface area contributed by atoms with Gasteiger partial charge in [-0.15, -0.1) is 0 Å². The van der Waals surface area contributed by atoms with Crippen molar-refractivity contribution >= 4 is 49.4 Å². The van der Waals surface area contributed by atoms with Gasteiger partial charge in [-0.3, -0.25) is 0 Å². The van der Waals surface area contributed by atoms with E-state index in [0.29, 0.717) is 5.92 Å². The van der Waals surface area contributed by atoms with Crippen molar-refractivity contribution in [1.29, 1.82) is 5.26 Å². The minimum absolute atomic E-state index is 0.0452. The maximum Gasteiger partial charge on any atom is 0.137 e. The van der Waals surface area contributed by atoms with E-state index < -0.39 is 0 Å². The number of hydrogen-bond donors (Lipinski definition) is 0. The number of hydrogen-bond acceptors (Lipinski definition) is 3. The molecule has 238 valence electrons. The van der Waals surface area contributed by atoms with Crippen LogP contribution < -0.4 is 4.90 Å². The second-order valence-corrected chi connectivity index (χ2v) is 14.5. The molecule has 1 aliphatic heterocycles. The van der Waals surface area contributed by atoms with Crippen LogP contribution >= 0.6 is 0 Å². The molecule has 2 aromatic heterocycles. The minimum Gasteiger partial charge on any atom is -0.456 e. The van der Waals surface area contributed by atoms with Crippen molar-refractivity contribution in [3.8, 4) is 6.07 Å². The van der Waals surface area contributed by atoms with Crippen molar-refractivity contribution in [1.82, 2.24) is 4.57 Å². The Labute approximate surface area is 286 Å². The third-order valence-electron chi connectivity index (χ3n) is 11.9. The molecule has 4 heteroatoms. The van der Waals surface area contributed by atoms with Gasteiger partial charge in [0, 0.05) is 44.9 Å². The SMILES string of the molecule is CC1C(C#N)CC=C(N2c3ccccc3C3C=CC=CC32)C1c1ccc2c(c1)c1ccc3oc4ccccc4c3c1n2C1(C)C=CC=CC1. The lowest BCUT2D eigenvalue weighted by atomic mass is 9.72. The first-order valence-corrected chi connectivity index (χ1v) is 17.6. The van der Waals surface area contributed by atoms with E-state index in [4.69, 9.17) is 4.42 Å². The molecule has 4 aromatic carbocycles. The zero-order valence-corrected chi connectivity index (χ0v) is 27.8. The average Bonchev–Trinajstić information content (AvgIpc) is 3.79. The van der Waals surface area contributed by atoms with Gasteiger partial charge in [-0.2, -0.15) is 5.26 Å². The van der Waals surface area contributed by atoms with Crippen molar-refractivity contribution < 1.29 is 4.42 Å². The fraction of sp³-hybridized carbons (Fsp3) is 0.222. The van der Waals surface area contributed by atoms with Crippen LogP contribution in [0.25, 0.3) is 43.7 Å². The predicted molar refractivity (Wildman–Crippen MR) is 201 cm³/mol. The lowest BCUT2D eigenvalue weighted by Crippen LogP contribution is -2.38. The number of allylic oxidation sites excluding steroid dienone is 8. The first-order chi connectivity index (χ1) is 24.1. The summed E-state index contributed by atoms with van der Waals surface area (Å²) in [6.07, 6.45) is 22.1. The quantitative estimate of drug-likeness (QED) is 0.194. The molecule has 6 atom stereocenters. The van der Waals surface area contributed by atoms with Gasteiger partial charge in [-0.25, -0.2) is 0 Å². The van der Waals surface area contributed by atoms with E-state index in [9.17, 15) is 5.26 Å². The molecule has 0 amide bonds. The Morgan fingerprint density at radius 3 is 2.59 bits per heavy atom. The predicted octanol–water partition coefficient (Wildman–Crippen LogP) is 11.2. The smallest absolute Gasteiger partial charge is 0.137 e. The fourth-order valence-electron chi connectivity index (χ4n) is 9.51. The molecule has 10 rings (SSSR count). The molecule has 0 N–H and O–H groups in total. The monoisotopic (exact) mass is 635 g/mol. The number of para-hydroxylation sites is 2. The summed E-state index contributed by atoms with van der Waals surface area (Å²) < 4.78 is 8.99. The van der Waals surface area contributed by atoms with Crippen LogP contribution in [0, 0.1) is 23.2 Å². The number of furan rings is 1. The largest absolute Gasteiger partial charge is 0.456 e.